The van der Waals surface area contributed by atoms with Crippen LogP contribution in [0.5, 0.6) is 0 Å². The Morgan fingerprint density at radius 2 is 1.71 bits per heavy atom. The fourth-order valence-corrected chi connectivity index (χ4v) is 1.03. The van der Waals surface area contributed by atoms with Gasteiger partial charge in [-0.2, -0.15) is 0 Å². The van der Waals surface area contributed by atoms with E-state index in [4.69, 9.17) is 4.74 Å². The van der Waals surface area contributed by atoms with Gasteiger partial charge in [0.2, 0.25) is 0 Å². The molecular weight excluding hydrogens is 216 g/mol. The molecule has 1 aromatic carbocycles. The van der Waals surface area contributed by atoms with Crippen LogP contribution in [-0.4, -0.2) is 17.4 Å². The molecule has 1 rings (SSSR count). The van der Waals surface area contributed by atoms with Gasteiger partial charge >= 0.3 is 11.8 Å². The summed E-state index contributed by atoms with van der Waals surface area (Å²) in [5.74, 6) is 3.12. The van der Waals surface area contributed by atoms with Crippen molar-refractivity contribution < 1.29 is 14.3 Å². The van der Waals surface area contributed by atoms with Crippen LogP contribution in [0.2, 0.25) is 0 Å². The molecular formula is C14H14O3. The second kappa shape index (κ2) is 5.31. The normalized spacial score (nSPS) is 10.1. The van der Waals surface area contributed by atoms with Crippen LogP contribution in [0, 0.1) is 11.8 Å². The van der Waals surface area contributed by atoms with Crippen LogP contribution < -0.4 is 0 Å². The average Bonchev–Trinajstić information content (AvgIpc) is 2.25. The number of ketones is 1. The Hall–Kier alpha value is -2.08. The first-order chi connectivity index (χ1) is 7.88. The summed E-state index contributed by atoms with van der Waals surface area (Å²) in [6.07, 6.45) is 0. The molecule has 0 radical (unpaired) electrons. The fourth-order valence-electron chi connectivity index (χ4n) is 1.03. The first-order valence-electron chi connectivity index (χ1n) is 5.23. The minimum absolute atomic E-state index is 0.679. The predicted molar refractivity (Wildman–Crippen MR) is 64.2 cm³/mol. The molecule has 0 unspecified atom stereocenters. The number of rotatable bonds is 1. The molecule has 0 fully saturated rings. The number of esters is 1. The Bertz CT molecular complexity index is 470. The minimum atomic E-state index is -0.916. The van der Waals surface area contributed by atoms with Gasteiger partial charge in [0.25, 0.3) is 0 Å². The maximum absolute atomic E-state index is 11.3. The fraction of sp³-hybridized carbons (Fsp3) is 0.286. The monoisotopic (exact) mass is 230 g/mol. The summed E-state index contributed by atoms with van der Waals surface area (Å²) < 4.78 is 4.90. The molecule has 0 spiro atoms. The van der Waals surface area contributed by atoms with Crippen LogP contribution in [0.15, 0.2) is 30.3 Å². The minimum Gasteiger partial charge on any atom is -0.453 e. The second-order valence-corrected chi connectivity index (χ2v) is 4.45. The third kappa shape index (κ3) is 4.98. The molecule has 17 heavy (non-hydrogen) atoms. The van der Waals surface area contributed by atoms with Gasteiger partial charge in [0.1, 0.15) is 5.60 Å². The van der Waals surface area contributed by atoms with E-state index in [1.165, 1.54) is 0 Å². The number of hydrogen-bond acceptors (Lipinski definition) is 3. The van der Waals surface area contributed by atoms with E-state index in [-0.39, 0.29) is 0 Å². The standard InChI is InChI=1S/C14H14O3/c1-14(2,3)17-13(16)12(15)10-9-11-7-5-4-6-8-11/h4-8H,1-3H3. The Kier molecular flexibility index (Phi) is 4.06. The zero-order valence-electron chi connectivity index (χ0n) is 10.1. The van der Waals surface area contributed by atoms with E-state index in [1.54, 1.807) is 32.9 Å². The van der Waals surface area contributed by atoms with Gasteiger partial charge in [0.15, 0.2) is 0 Å². The Labute approximate surface area is 101 Å². The van der Waals surface area contributed by atoms with Crippen molar-refractivity contribution in [2.45, 2.75) is 26.4 Å². The first kappa shape index (κ1) is 13.0. The smallest absolute Gasteiger partial charge is 0.388 e. The topological polar surface area (TPSA) is 43.4 Å². The van der Waals surface area contributed by atoms with Crippen LogP contribution in [0.4, 0.5) is 0 Å². The summed E-state index contributed by atoms with van der Waals surface area (Å²) in [4.78, 5) is 22.7. The van der Waals surface area contributed by atoms with Gasteiger partial charge in [-0.15, -0.1) is 0 Å². The van der Waals surface area contributed by atoms with Crippen molar-refractivity contribution in [1.82, 2.24) is 0 Å². The predicted octanol–water partition coefficient (Wildman–Crippen LogP) is 1.95. The molecule has 0 aliphatic rings. The Morgan fingerprint density at radius 1 is 1.12 bits per heavy atom. The number of ether oxygens (including phenoxy) is 1. The average molecular weight is 230 g/mol. The zero-order valence-corrected chi connectivity index (χ0v) is 10.1. The van der Waals surface area contributed by atoms with Gasteiger partial charge in [-0.3, -0.25) is 4.79 Å². The van der Waals surface area contributed by atoms with Crippen molar-refractivity contribution in [3.8, 4) is 11.8 Å². The Morgan fingerprint density at radius 3 is 2.24 bits per heavy atom. The van der Waals surface area contributed by atoms with Crippen LogP contribution in [0.3, 0.4) is 0 Å². The van der Waals surface area contributed by atoms with Crippen molar-refractivity contribution >= 4 is 11.8 Å². The molecule has 0 aromatic heterocycles. The summed E-state index contributed by atoms with van der Waals surface area (Å²) in [6, 6.07) is 8.98. The number of hydrogen-bond donors (Lipinski definition) is 0. The van der Waals surface area contributed by atoms with Gasteiger partial charge in [-0.05, 0) is 38.8 Å². The number of carbonyl (C=O) groups is 2. The lowest BCUT2D eigenvalue weighted by molar-refractivity contribution is -0.160. The molecule has 3 heteroatoms. The molecule has 0 aliphatic carbocycles. The zero-order chi connectivity index (χ0) is 12.9. The summed E-state index contributed by atoms with van der Waals surface area (Å²) in [7, 11) is 0. The van der Waals surface area contributed by atoms with E-state index in [1.807, 2.05) is 18.2 Å². The van der Waals surface area contributed by atoms with Gasteiger partial charge < -0.3 is 4.74 Å². The lowest BCUT2D eigenvalue weighted by Crippen LogP contribution is -2.28. The maximum Gasteiger partial charge on any atom is 0.388 e. The van der Waals surface area contributed by atoms with Crippen molar-refractivity contribution in [2.75, 3.05) is 0 Å². The highest BCUT2D eigenvalue weighted by Gasteiger charge is 2.21. The molecule has 0 saturated carbocycles. The van der Waals surface area contributed by atoms with Crippen molar-refractivity contribution in [2.24, 2.45) is 0 Å². The summed E-state index contributed by atoms with van der Waals surface area (Å²) in [6.45, 7) is 5.09. The van der Waals surface area contributed by atoms with E-state index in [9.17, 15) is 9.59 Å². The molecule has 0 amide bonds. The van der Waals surface area contributed by atoms with Gasteiger partial charge in [-0.1, -0.05) is 24.1 Å². The summed E-state index contributed by atoms with van der Waals surface area (Å²) >= 11 is 0. The Balaban J connectivity index is 2.68. The van der Waals surface area contributed by atoms with Gasteiger partial charge in [-0.25, -0.2) is 4.79 Å². The van der Waals surface area contributed by atoms with Crippen molar-refractivity contribution in [3.05, 3.63) is 35.9 Å². The van der Waals surface area contributed by atoms with Crippen LogP contribution in [0.25, 0.3) is 0 Å². The lowest BCUT2D eigenvalue weighted by Gasteiger charge is -2.17. The first-order valence-corrected chi connectivity index (χ1v) is 5.23. The molecule has 3 nitrogen and oxygen atoms in total. The third-order valence-electron chi connectivity index (χ3n) is 1.68. The van der Waals surface area contributed by atoms with Crippen LogP contribution in [-0.2, 0) is 14.3 Å². The third-order valence-corrected chi connectivity index (χ3v) is 1.68. The second-order valence-electron chi connectivity index (χ2n) is 4.45. The summed E-state index contributed by atoms with van der Waals surface area (Å²) in [5, 5.41) is 0. The molecule has 1 aromatic rings. The van der Waals surface area contributed by atoms with E-state index >= 15 is 0 Å². The summed E-state index contributed by atoms with van der Waals surface area (Å²) in [5.41, 5.74) is 0.00524. The van der Waals surface area contributed by atoms with Crippen molar-refractivity contribution in [3.63, 3.8) is 0 Å². The molecule has 0 saturated heterocycles. The molecule has 0 N–H and O–H groups in total. The molecule has 0 atom stereocenters. The molecule has 0 heterocycles. The highest BCUT2D eigenvalue weighted by Crippen LogP contribution is 2.06. The van der Waals surface area contributed by atoms with Gasteiger partial charge in [0, 0.05) is 5.56 Å². The van der Waals surface area contributed by atoms with E-state index < -0.39 is 17.4 Å². The highest BCUT2D eigenvalue weighted by molar-refractivity contribution is 6.41. The van der Waals surface area contributed by atoms with E-state index in [0.29, 0.717) is 5.56 Å². The highest BCUT2D eigenvalue weighted by atomic mass is 16.6. The van der Waals surface area contributed by atoms with E-state index in [0.717, 1.165) is 0 Å². The molecule has 88 valence electrons. The number of carbonyl (C=O) groups excluding carboxylic acids is 2. The number of benzene rings is 1. The van der Waals surface area contributed by atoms with Crippen molar-refractivity contribution in [1.29, 1.82) is 0 Å². The quantitative estimate of drug-likeness (QED) is 0.421. The maximum atomic E-state index is 11.3. The SMILES string of the molecule is CC(C)(C)OC(=O)C(=O)C#Cc1ccccc1. The van der Waals surface area contributed by atoms with E-state index in [2.05, 4.69) is 11.8 Å². The largest absolute Gasteiger partial charge is 0.453 e. The number of Topliss-reactive ketones (excluding diaryl/α,β-unsaturated/α-hetero) is 1. The molecule has 0 aliphatic heterocycles. The lowest BCUT2D eigenvalue weighted by atomic mass is 10.2. The van der Waals surface area contributed by atoms with Crippen LogP contribution in [0.1, 0.15) is 26.3 Å². The molecule has 0 bridgehead atoms. The van der Waals surface area contributed by atoms with Crippen LogP contribution >= 0.6 is 0 Å². The van der Waals surface area contributed by atoms with Gasteiger partial charge in [0.05, 0.1) is 0 Å².